The molecule has 0 amide bonds. The molecule has 0 saturated heterocycles. The summed E-state index contributed by atoms with van der Waals surface area (Å²) in [6.45, 7) is 0. The van der Waals surface area contributed by atoms with Gasteiger partial charge in [0.15, 0.2) is 11.6 Å². The predicted molar refractivity (Wildman–Crippen MR) is 191 cm³/mol. The summed E-state index contributed by atoms with van der Waals surface area (Å²) in [5.74, 6) is 0.391. The minimum Gasteiger partial charge on any atom is -0.227 e. The number of benzene rings is 5. The first-order valence-electron chi connectivity index (χ1n) is 15.1. The van der Waals surface area contributed by atoms with Crippen molar-refractivity contribution in [3.8, 4) is 67.8 Å². The number of aromatic nitrogens is 4. The third-order valence-electron chi connectivity index (χ3n) is 7.91. The number of hydrogen-bond donors (Lipinski definition) is 0. The molecule has 0 radical (unpaired) electrons. The highest BCUT2D eigenvalue weighted by atomic mass is 32.2. The van der Waals surface area contributed by atoms with Gasteiger partial charge < -0.3 is 0 Å². The Bertz CT molecular complexity index is 2300. The molecule has 48 heavy (non-hydrogen) atoms. The summed E-state index contributed by atoms with van der Waals surface area (Å²) in [4.78, 5) is 9.91. The summed E-state index contributed by atoms with van der Waals surface area (Å²) in [5, 5.41) is 0. The van der Waals surface area contributed by atoms with Gasteiger partial charge in [0.1, 0.15) is 0 Å². The van der Waals surface area contributed by atoms with E-state index in [2.05, 4.69) is 0 Å². The first-order valence-corrected chi connectivity index (χ1v) is 18.8. The van der Waals surface area contributed by atoms with Crippen LogP contribution in [0.1, 0.15) is 0 Å². The molecule has 0 atom stereocenters. The van der Waals surface area contributed by atoms with E-state index in [1.165, 1.54) is 7.94 Å². The van der Waals surface area contributed by atoms with Gasteiger partial charge in [0, 0.05) is 33.4 Å². The molecule has 8 nitrogen and oxygen atoms in total. The lowest BCUT2D eigenvalue weighted by Crippen LogP contribution is -2.14. The van der Waals surface area contributed by atoms with Gasteiger partial charge in [-0.2, -0.15) is 0 Å². The van der Waals surface area contributed by atoms with Gasteiger partial charge in [-0.1, -0.05) is 140 Å². The first-order chi connectivity index (χ1) is 23.1. The third kappa shape index (κ3) is 5.76. The van der Waals surface area contributed by atoms with Crippen molar-refractivity contribution in [3.05, 3.63) is 146 Å². The lowest BCUT2D eigenvalue weighted by Gasteiger charge is -2.13. The minimum absolute atomic E-state index is 0.195. The Labute approximate surface area is 279 Å². The van der Waals surface area contributed by atoms with Crippen molar-refractivity contribution in [2.24, 2.45) is 0 Å². The lowest BCUT2D eigenvalue weighted by atomic mass is 10.1. The standard InChI is InChI=1S/C38H30N4O4S2/c1-47(43,44)41-35(29-20-11-5-12-21-29)33(27-16-7-3-8-17-27)39-37(41)31-24-15-25-32(26-31)38-40-34(28-18-9-4-10-19-28)36(42(38)48(2,45)46)30-22-13-6-14-23-30/h3-26H,1-2H3. The second kappa shape index (κ2) is 12.2. The van der Waals surface area contributed by atoms with E-state index in [1.54, 1.807) is 24.3 Å². The maximum atomic E-state index is 13.6. The maximum Gasteiger partial charge on any atom is 0.237 e. The smallest absolute Gasteiger partial charge is 0.227 e. The van der Waals surface area contributed by atoms with Crippen molar-refractivity contribution in [2.45, 2.75) is 0 Å². The largest absolute Gasteiger partial charge is 0.237 e. The maximum absolute atomic E-state index is 13.6. The molecule has 10 heteroatoms. The van der Waals surface area contributed by atoms with Crippen molar-refractivity contribution in [2.75, 3.05) is 12.5 Å². The van der Waals surface area contributed by atoms with Crippen molar-refractivity contribution < 1.29 is 16.8 Å². The van der Waals surface area contributed by atoms with Crippen LogP contribution in [0.25, 0.3) is 67.8 Å². The van der Waals surface area contributed by atoms with Gasteiger partial charge in [-0.05, 0) is 6.07 Å². The summed E-state index contributed by atoms with van der Waals surface area (Å²) in [6.07, 6.45) is 2.30. The van der Waals surface area contributed by atoms with E-state index < -0.39 is 20.0 Å². The Balaban J connectivity index is 1.52. The van der Waals surface area contributed by atoms with Crippen LogP contribution in [-0.2, 0) is 20.0 Å². The van der Waals surface area contributed by atoms with E-state index in [-0.39, 0.29) is 11.6 Å². The van der Waals surface area contributed by atoms with Crippen LogP contribution in [0.15, 0.2) is 146 Å². The summed E-state index contributed by atoms with van der Waals surface area (Å²) >= 11 is 0. The van der Waals surface area contributed by atoms with E-state index in [4.69, 9.17) is 9.97 Å². The van der Waals surface area contributed by atoms with Gasteiger partial charge in [-0.3, -0.25) is 0 Å². The molecular weight excluding hydrogens is 641 g/mol. The van der Waals surface area contributed by atoms with Crippen LogP contribution in [0.5, 0.6) is 0 Å². The molecule has 0 aliphatic rings. The zero-order chi connectivity index (χ0) is 33.5. The van der Waals surface area contributed by atoms with Gasteiger partial charge in [-0.15, -0.1) is 0 Å². The highest BCUT2D eigenvalue weighted by molar-refractivity contribution is 7.89. The van der Waals surface area contributed by atoms with E-state index >= 15 is 0 Å². The topological polar surface area (TPSA) is 104 Å². The molecule has 5 aromatic carbocycles. The minimum atomic E-state index is -3.89. The quantitative estimate of drug-likeness (QED) is 0.164. The summed E-state index contributed by atoms with van der Waals surface area (Å²) in [6, 6.07) is 44.4. The molecule has 238 valence electrons. The zero-order valence-corrected chi connectivity index (χ0v) is 27.7. The molecule has 0 aliphatic heterocycles. The van der Waals surface area contributed by atoms with E-state index in [0.717, 1.165) is 23.6 Å². The normalized spacial score (nSPS) is 11.9. The Morgan fingerprint density at radius 1 is 0.396 bits per heavy atom. The molecule has 2 heterocycles. The van der Waals surface area contributed by atoms with Gasteiger partial charge in [-0.25, -0.2) is 34.7 Å². The zero-order valence-electron chi connectivity index (χ0n) is 26.1. The molecule has 0 spiro atoms. The molecule has 0 bridgehead atoms. The highest BCUT2D eigenvalue weighted by Crippen LogP contribution is 2.40. The molecule has 0 N–H and O–H groups in total. The monoisotopic (exact) mass is 670 g/mol. The van der Waals surface area contributed by atoms with Crippen LogP contribution in [0, 0.1) is 0 Å². The summed E-state index contributed by atoms with van der Waals surface area (Å²) in [5.41, 5.74) is 5.69. The first kappa shape index (κ1) is 31.0. The van der Waals surface area contributed by atoms with Gasteiger partial charge in [0.2, 0.25) is 20.0 Å². The predicted octanol–water partition coefficient (Wildman–Crippen LogP) is 7.70. The molecule has 0 fully saturated rings. The van der Waals surface area contributed by atoms with Crippen LogP contribution >= 0.6 is 0 Å². The number of imidazole rings is 2. The van der Waals surface area contributed by atoms with Gasteiger partial charge >= 0.3 is 0 Å². The van der Waals surface area contributed by atoms with Gasteiger partial charge in [0.05, 0.1) is 35.3 Å². The van der Waals surface area contributed by atoms with Crippen LogP contribution in [0.2, 0.25) is 0 Å². The van der Waals surface area contributed by atoms with E-state index in [0.29, 0.717) is 45.0 Å². The fraction of sp³-hybridized carbons (Fsp3) is 0.0526. The Morgan fingerprint density at radius 2 is 0.688 bits per heavy atom. The molecular formula is C38H30N4O4S2. The second-order valence-corrected chi connectivity index (χ2v) is 15.0. The van der Waals surface area contributed by atoms with Crippen LogP contribution in [0.3, 0.4) is 0 Å². The van der Waals surface area contributed by atoms with Crippen molar-refractivity contribution in [1.82, 2.24) is 17.9 Å². The molecule has 7 aromatic rings. The fourth-order valence-electron chi connectivity index (χ4n) is 5.91. The third-order valence-corrected chi connectivity index (χ3v) is 9.94. The molecule has 0 aliphatic carbocycles. The Hall–Kier alpha value is -5.58. The number of hydrogen-bond acceptors (Lipinski definition) is 6. The second-order valence-electron chi connectivity index (χ2n) is 11.4. The summed E-state index contributed by atoms with van der Waals surface area (Å²) in [7, 11) is -7.79. The highest BCUT2D eigenvalue weighted by Gasteiger charge is 2.29. The lowest BCUT2D eigenvalue weighted by molar-refractivity contribution is 0.592. The Morgan fingerprint density at radius 3 is 1.00 bits per heavy atom. The van der Waals surface area contributed by atoms with E-state index in [1.807, 2.05) is 121 Å². The average Bonchev–Trinajstić information content (AvgIpc) is 3.71. The molecule has 7 rings (SSSR count). The fourth-order valence-corrected chi connectivity index (χ4v) is 7.88. The van der Waals surface area contributed by atoms with Crippen molar-refractivity contribution in [1.29, 1.82) is 0 Å². The van der Waals surface area contributed by atoms with Crippen molar-refractivity contribution >= 4 is 20.0 Å². The van der Waals surface area contributed by atoms with E-state index in [9.17, 15) is 16.8 Å². The molecule has 2 aromatic heterocycles. The molecule has 0 saturated carbocycles. The van der Waals surface area contributed by atoms with Crippen LogP contribution < -0.4 is 0 Å². The average molecular weight is 671 g/mol. The number of rotatable bonds is 8. The number of nitrogens with zero attached hydrogens (tertiary/aromatic N) is 4. The van der Waals surface area contributed by atoms with Crippen LogP contribution in [0.4, 0.5) is 0 Å². The van der Waals surface area contributed by atoms with Crippen LogP contribution in [-0.4, -0.2) is 47.3 Å². The molecule has 0 unspecified atom stereocenters. The van der Waals surface area contributed by atoms with Gasteiger partial charge in [0.25, 0.3) is 0 Å². The summed E-state index contributed by atoms with van der Waals surface area (Å²) < 4.78 is 56.9. The Kier molecular flexibility index (Phi) is 7.90. The SMILES string of the molecule is CS(=O)(=O)n1c(-c2cccc(-c3nc(-c4ccccc4)c(-c4ccccc4)n3S(C)(=O)=O)c2)nc(-c2ccccc2)c1-c1ccccc1. The van der Waals surface area contributed by atoms with Crippen molar-refractivity contribution in [3.63, 3.8) is 0 Å².